The van der Waals surface area contributed by atoms with E-state index in [-0.39, 0.29) is 12.5 Å². The van der Waals surface area contributed by atoms with Gasteiger partial charge in [-0.15, -0.1) is 0 Å². The number of benzene rings is 2. The molecular weight excluding hydrogens is 358 g/mol. The SMILES string of the molecule is COc1ccc(C(O)CNC(=O)C(C)Oc2ccccc2C(C)C)cc1OC. The van der Waals surface area contributed by atoms with E-state index in [9.17, 15) is 9.90 Å². The number of carbonyl (C=O) groups excluding carboxylic acids is 1. The van der Waals surface area contributed by atoms with Crippen LogP contribution in [0.2, 0.25) is 0 Å². The molecule has 6 heteroatoms. The maximum atomic E-state index is 12.4. The van der Waals surface area contributed by atoms with E-state index in [1.807, 2.05) is 24.3 Å². The summed E-state index contributed by atoms with van der Waals surface area (Å²) in [5, 5.41) is 13.1. The predicted molar refractivity (Wildman–Crippen MR) is 108 cm³/mol. The molecule has 2 aromatic rings. The van der Waals surface area contributed by atoms with Crippen molar-refractivity contribution in [2.24, 2.45) is 0 Å². The van der Waals surface area contributed by atoms with Crippen LogP contribution in [0.15, 0.2) is 42.5 Å². The van der Waals surface area contributed by atoms with Gasteiger partial charge in [0.25, 0.3) is 5.91 Å². The molecule has 2 aromatic carbocycles. The van der Waals surface area contributed by atoms with Gasteiger partial charge in [0.2, 0.25) is 0 Å². The van der Waals surface area contributed by atoms with Crippen molar-refractivity contribution in [3.05, 3.63) is 53.6 Å². The molecule has 0 aliphatic rings. The van der Waals surface area contributed by atoms with Crippen LogP contribution in [0.5, 0.6) is 17.2 Å². The molecule has 152 valence electrons. The van der Waals surface area contributed by atoms with Gasteiger partial charge in [0.05, 0.1) is 20.3 Å². The summed E-state index contributed by atoms with van der Waals surface area (Å²) >= 11 is 0. The van der Waals surface area contributed by atoms with E-state index in [1.165, 1.54) is 7.11 Å². The Balaban J connectivity index is 1.96. The lowest BCUT2D eigenvalue weighted by Crippen LogP contribution is -2.38. The summed E-state index contributed by atoms with van der Waals surface area (Å²) in [6.07, 6.45) is -1.56. The van der Waals surface area contributed by atoms with Gasteiger partial charge in [-0.05, 0) is 42.2 Å². The highest BCUT2D eigenvalue weighted by Crippen LogP contribution is 2.30. The molecule has 0 aliphatic heterocycles. The summed E-state index contributed by atoms with van der Waals surface area (Å²) in [4.78, 5) is 12.4. The van der Waals surface area contributed by atoms with E-state index < -0.39 is 12.2 Å². The molecule has 0 aromatic heterocycles. The Morgan fingerprint density at radius 3 is 2.32 bits per heavy atom. The summed E-state index contributed by atoms with van der Waals surface area (Å²) in [6, 6.07) is 12.8. The zero-order valence-electron chi connectivity index (χ0n) is 17.1. The monoisotopic (exact) mass is 387 g/mol. The second-order valence-electron chi connectivity index (χ2n) is 6.83. The Bertz CT molecular complexity index is 790. The quantitative estimate of drug-likeness (QED) is 0.689. The van der Waals surface area contributed by atoms with E-state index in [1.54, 1.807) is 32.2 Å². The third-order valence-electron chi connectivity index (χ3n) is 4.48. The predicted octanol–water partition coefficient (Wildman–Crippen LogP) is 3.44. The number of nitrogens with one attached hydrogen (secondary N) is 1. The summed E-state index contributed by atoms with van der Waals surface area (Å²) < 4.78 is 16.3. The molecule has 28 heavy (non-hydrogen) atoms. The zero-order chi connectivity index (χ0) is 20.7. The van der Waals surface area contributed by atoms with Gasteiger partial charge in [-0.3, -0.25) is 4.79 Å². The first-order valence-corrected chi connectivity index (χ1v) is 9.30. The van der Waals surface area contributed by atoms with Crippen LogP contribution in [0.3, 0.4) is 0 Å². The smallest absolute Gasteiger partial charge is 0.260 e. The number of carbonyl (C=O) groups is 1. The van der Waals surface area contributed by atoms with Gasteiger partial charge in [-0.1, -0.05) is 38.1 Å². The van der Waals surface area contributed by atoms with Gasteiger partial charge in [0, 0.05) is 6.54 Å². The Morgan fingerprint density at radius 2 is 1.68 bits per heavy atom. The highest BCUT2D eigenvalue weighted by molar-refractivity contribution is 5.80. The molecule has 2 N–H and O–H groups in total. The van der Waals surface area contributed by atoms with Crippen LogP contribution in [0, 0.1) is 0 Å². The highest BCUT2D eigenvalue weighted by Gasteiger charge is 2.19. The lowest BCUT2D eigenvalue weighted by atomic mass is 10.0. The van der Waals surface area contributed by atoms with Crippen molar-refractivity contribution in [2.75, 3.05) is 20.8 Å². The molecule has 2 unspecified atom stereocenters. The van der Waals surface area contributed by atoms with Gasteiger partial charge in [-0.25, -0.2) is 0 Å². The number of hydrogen-bond donors (Lipinski definition) is 2. The van der Waals surface area contributed by atoms with Crippen LogP contribution < -0.4 is 19.5 Å². The van der Waals surface area contributed by atoms with E-state index in [4.69, 9.17) is 14.2 Å². The van der Waals surface area contributed by atoms with Crippen molar-refractivity contribution in [3.63, 3.8) is 0 Å². The topological polar surface area (TPSA) is 77.0 Å². The van der Waals surface area contributed by atoms with Crippen LogP contribution in [-0.2, 0) is 4.79 Å². The molecule has 0 radical (unpaired) electrons. The zero-order valence-corrected chi connectivity index (χ0v) is 17.1. The Morgan fingerprint density at radius 1 is 1.00 bits per heavy atom. The van der Waals surface area contributed by atoms with Gasteiger partial charge in [0.15, 0.2) is 17.6 Å². The average molecular weight is 387 g/mol. The number of amides is 1. The number of methoxy groups -OCH3 is 2. The largest absolute Gasteiger partial charge is 0.493 e. The molecule has 0 fully saturated rings. The minimum absolute atomic E-state index is 0.0633. The number of rotatable bonds is 9. The number of aliphatic hydroxyl groups excluding tert-OH is 1. The molecule has 0 aliphatic carbocycles. The number of ether oxygens (including phenoxy) is 3. The van der Waals surface area contributed by atoms with Crippen LogP contribution in [-0.4, -0.2) is 37.9 Å². The second-order valence-corrected chi connectivity index (χ2v) is 6.83. The fourth-order valence-corrected chi connectivity index (χ4v) is 2.83. The van der Waals surface area contributed by atoms with Crippen molar-refractivity contribution in [2.45, 2.75) is 38.9 Å². The van der Waals surface area contributed by atoms with Crippen molar-refractivity contribution in [3.8, 4) is 17.2 Å². The van der Waals surface area contributed by atoms with Crippen molar-refractivity contribution >= 4 is 5.91 Å². The number of hydrogen-bond acceptors (Lipinski definition) is 5. The second kappa shape index (κ2) is 9.99. The standard InChI is InChI=1S/C22H29NO5/c1-14(2)17-8-6-7-9-19(17)28-15(3)22(25)23-13-18(24)16-10-11-20(26-4)21(12-16)27-5/h6-12,14-15,18,24H,13H2,1-5H3,(H,23,25). The summed E-state index contributed by atoms with van der Waals surface area (Å²) in [5.74, 6) is 1.79. The Kier molecular flexibility index (Phi) is 7.70. The first-order valence-electron chi connectivity index (χ1n) is 9.30. The van der Waals surface area contributed by atoms with Crippen LogP contribution in [0.25, 0.3) is 0 Å². The molecular formula is C22H29NO5. The van der Waals surface area contributed by atoms with E-state index in [0.717, 1.165) is 5.56 Å². The highest BCUT2D eigenvalue weighted by atomic mass is 16.5. The third kappa shape index (κ3) is 5.39. The summed E-state index contributed by atoms with van der Waals surface area (Å²) in [5.41, 5.74) is 1.67. The maximum absolute atomic E-state index is 12.4. The molecule has 0 saturated carbocycles. The fraction of sp³-hybridized carbons (Fsp3) is 0.409. The normalized spacial score (nSPS) is 13.0. The minimum atomic E-state index is -0.876. The van der Waals surface area contributed by atoms with Gasteiger partial charge in [0.1, 0.15) is 5.75 Å². The number of aliphatic hydroxyl groups is 1. The van der Waals surface area contributed by atoms with E-state index in [2.05, 4.69) is 19.2 Å². The van der Waals surface area contributed by atoms with Crippen LogP contribution in [0.4, 0.5) is 0 Å². The fourth-order valence-electron chi connectivity index (χ4n) is 2.83. The van der Waals surface area contributed by atoms with E-state index >= 15 is 0 Å². The maximum Gasteiger partial charge on any atom is 0.260 e. The first-order chi connectivity index (χ1) is 13.4. The summed E-state index contributed by atoms with van der Waals surface area (Å²) in [7, 11) is 3.08. The lowest BCUT2D eigenvalue weighted by molar-refractivity contribution is -0.127. The molecule has 0 bridgehead atoms. The molecule has 6 nitrogen and oxygen atoms in total. The van der Waals surface area contributed by atoms with Crippen molar-refractivity contribution in [1.82, 2.24) is 5.32 Å². The molecule has 0 spiro atoms. The Hall–Kier alpha value is -2.73. The Labute approximate surface area is 166 Å². The summed E-state index contributed by atoms with van der Waals surface area (Å²) in [6.45, 7) is 5.90. The van der Waals surface area contributed by atoms with Crippen LogP contribution >= 0.6 is 0 Å². The van der Waals surface area contributed by atoms with Crippen molar-refractivity contribution < 1.29 is 24.1 Å². The number of para-hydroxylation sites is 1. The third-order valence-corrected chi connectivity index (χ3v) is 4.48. The molecule has 1 amide bonds. The van der Waals surface area contributed by atoms with E-state index in [0.29, 0.717) is 28.7 Å². The van der Waals surface area contributed by atoms with Crippen LogP contribution in [0.1, 0.15) is 43.9 Å². The average Bonchev–Trinajstić information content (AvgIpc) is 2.71. The molecule has 2 rings (SSSR count). The minimum Gasteiger partial charge on any atom is -0.493 e. The van der Waals surface area contributed by atoms with Gasteiger partial charge < -0.3 is 24.6 Å². The van der Waals surface area contributed by atoms with Gasteiger partial charge >= 0.3 is 0 Å². The molecule has 0 heterocycles. The molecule has 2 atom stereocenters. The lowest BCUT2D eigenvalue weighted by Gasteiger charge is -2.20. The molecule has 0 saturated heterocycles. The van der Waals surface area contributed by atoms with Gasteiger partial charge in [-0.2, -0.15) is 0 Å². The first kappa shape index (κ1) is 21.6. The van der Waals surface area contributed by atoms with Crippen molar-refractivity contribution in [1.29, 1.82) is 0 Å².